The Kier molecular flexibility index (Phi) is 8.76. The van der Waals surface area contributed by atoms with Crippen molar-refractivity contribution in [2.24, 2.45) is 18.9 Å². The molecule has 10 nitrogen and oxygen atoms in total. The second-order valence-corrected chi connectivity index (χ2v) is 12.3. The highest BCUT2D eigenvalue weighted by atomic mass is 35.5. The van der Waals surface area contributed by atoms with E-state index < -0.39 is 30.3 Å². The summed E-state index contributed by atoms with van der Waals surface area (Å²) in [4.78, 5) is 43.1. The second kappa shape index (κ2) is 12.7. The number of amides is 2. The van der Waals surface area contributed by atoms with E-state index in [9.17, 15) is 28.3 Å². The van der Waals surface area contributed by atoms with E-state index in [1.807, 2.05) is 18.2 Å². The van der Waals surface area contributed by atoms with Crippen LogP contribution in [0.4, 0.5) is 8.78 Å². The number of carbonyl (C=O) groups is 3. The van der Waals surface area contributed by atoms with Gasteiger partial charge in [-0.05, 0) is 55.0 Å². The zero-order chi connectivity index (χ0) is 31.8. The zero-order valence-corrected chi connectivity index (χ0v) is 25.6. The molecular weight excluding hydrogens is 608 g/mol. The summed E-state index contributed by atoms with van der Waals surface area (Å²) in [5.41, 5.74) is 2.62. The Bertz CT molecular complexity index is 1630. The maximum absolute atomic E-state index is 14.2. The van der Waals surface area contributed by atoms with E-state index in [-0.39, 0.29) is 29.8 Å². The van der Waals surface area contributed by atoms with E-state index in [1.165, 1.54) is 7.05 Å². The topological polar surface area (TPSA) is 118 Å². The average Bonchev–Trinajstić information content (AvgIpc) is 3.57. The Hall–Kier alpha value is -4.06. The lowest BCUT2D eigenvalue weighted by Crippen LogP contribution is -2.47. The van der Waals surface area contributed by atoms with Gasteiger partial charge in [-0.3, -0.25) is 14.4 Å². The van der Waals surface area contributed by atoms with Gasteiger partial charge < -0.3 is 19.6 Å². The summed E-state index contributed by atoms with van der Waals surface area (Å²) in [7, 11) is 1.38. The number of rotatable bonds is 9. The van der Waals surface area contributed by atoms with Crippen LogP contribution >= 0.6 is 11.6 Å². The van der Waals surface area contributed by atoms with Gasteiger partial charge in [-0.1, -0.05) is 47.9 Å². The van der Waals surface area contributed by atoms with Gasteiger partial charge in [-0.25, -0.2) is 13.5 Å². The van der Waals surface area contributed by atoms with E-state index >= 15 is 0 Å². The minimum Gasteiger partial charge on any atom is -0.487 e. The van der Waals surface area contributed by atoms with E-state index in [0.717, 1.165) is 28.7 Å². The van der Waals surface area contributed by atoms with Crippen LogP contribution < -0.4 is 4.74 Å². The molecule has 3 heterocycles. The molecule has 13 heteroatoms. The number of fused-ring (bicyclic) bond motifs is 2. The zero-order valence-electron chi connectivity index (χ0n) is 24.8. The number of aromatic nitrogens is 3. The molecule has 3 atom stereocenters. The first kappa shape index (κ1) is 30.9. The molecule has 3 aliphatic rings. The first-order chi connectivity index (χ1) is 21.7. The van der Waals surface area contributed by atoms with Crippen LogP contribution in [0.3, 0.4) is 0 Å². The lowest BCUT2D eigenvalue weighted by molar-refractivity contribution is -0.153. The number of benzene rings is 2. The van der Waals surface area contributed by atoms with Gasteiger partial charge in [0.2, 0.25) is 5.91 Å². The van der Waals surface area contributed by atoms with E-state index in [0.29, 0.717) is 67.2 Å². The Morgan fingerprint density at radius 1 is 1.13 bits per heavy atom. The SMILES string of the molecule is Cn1nnc(COc2ccc(Cl)c3c2[C@@H](CCN2Cc4ccccc4C2=O)N(C(=O)[C@@H]2CCCC[C@@H]2C(=O)O)CC3)c1C(F)F. The number of hydrogen-bond acceptors (Lipinski definition) is 6. The number of hydrogen-bond donors (Lipinski definition) is 1. The summed E-state index contributed by atoms with van der Waals surface area (Å²) in [6, 6.07) is 10.2. The molecule has 0 saturated heterocycles. The van der Waals surface area contributed by atoms with Crippen LogP contribution in [-0.2, 0) is 36.2 Å². The fourth-order valence-corrected chi connectivity index (χ4v) is 7.36. The number of aryl methyl sites for hydroxylation is 1. The van der Waals surface area contributed by atoms with Gasteiger partial charge in [0.15, 0.2) is 0 Å². The third-order valence-corrected chi connectivity index (χ3v) is 9.69. The molecule has 1 aliphatic carbocycles. The molecule has 0 bridgehead atoms. The molecule has 1 N–H and O–H groups in total. The second-order valence-electron chi connectivity index (χ2n) is 11.9. The fourth-order valence-electron chi connectivity index (χ4n) is 7.10. The summed E-state index contributed by atoms with van der Waals surface area (Å²) in [6.45, 7) is 0.788. The highest BCUT2D eigenvalue weighted by Crippen LogP contribution is 2.44. The first-order valence-corrected chi connectivity index (χ1v) is 15.5. The molecular formula is C32H34ClF2N5O5. The van der Waals surface area contributed by atoms with Crippen molar-refractivity contribution in [1.29, 1.82) is 0 Å². The van der Waals surface area contributed by atoms with Gasteiger partial charge in [0, 0.05) is 42.8 Å². The summed E-state index contributed by atoms with van der Waals surface area (Å²) >= 11 is 6.69. The monoisotopic (exact) mass is 641 g/mol. The van der Waals surface area contributed by atoms with Gasteiger partial charge in [-0.15, -0.1) is 5.10 Å². The third-order valence-electron chi connectivity index (χ3n) is 9.34. The lowest BCUT2D eigenvalue weighted by atomic mass is 9.77. The highest BCUT2D eigenvalue weighted by molar-refractivity contribution is 6.31. The number of alkyl halides is 2. The maximum atomic E-state index is 14.2. The first-order valence-electron chi connectivity index (χ1n) is 15.2. The van der Waals surface area contributed by atoms with E-state index in [1.54, 1.807) is 28.0 Å². The largest absolute Gasteiger partial charge is 0.487 e. The fraction of sp³-hybridized carbons (Fsp3) is 0.469. The van der Waals surface area contributed by atoms with Crippen molar-refractivity contribution >= 4 is 29.4 Å². The predicted molar refractivity (Wildman–Crippen MR) is 159 cm³/mol. The third kappa shape index (κ3) is 5.87. The molecule has 1 aromatic heterocycles. The van der Waals surface area contributed by atoms with Gasteiger partial charge >= 0.3 is 5.97 Å². The lowest BCUT2D eigenvalue weighted by Gasteiger charge is -2.42. The van der Waals surface area contributed by atoms with Gasteiger partial charge in [-0.2, -0.15) is 0 Å². The normalized spacial score (nSPS) is 21.2. The summed E-state index contributed by atoms with van der Waals surface area (Å²) in [5, 5.41) is 18.0. The van der Waals surface area contributed by atoms with Crippen LogP contribution in [0.15, 0.2) is 36.4 Å². The Morgan fingerprint density at radius 3 is 2.62 bits per heavy atom. The molecule has 2 amide bonds. The Labute approximate surface area is 263 Å². The average molecular weight is 642 g/mol. The number of ether oxygens (including phenoxy) is 1. The van der Waals surface area contributed by atoms with Crippen molar-refractivity contribution < 1.29 is 33.0 Å². The number of carboxylic acids is 1. The summed E-state index contributed by atoms with van der Waals surface area (Å²) < 4.78 is 34.6. The predicted octanol–water partition coefficient (Wildman–Crippen LogP) is 5.35. The molecule has 238 valence electrons. The van der Waals surface area contributed by atoms with Crippen LogP contribution in [0, 0.1) is 11.8 Å². The molecule has 3 aromatic rings. The molecule has 6 rings (SSSR count). The quantitative estimate of drug-likeness (QED) is 0.335. The number of aliphatic carboxylic acids is 1. The molecule has 1 fully saturated rings. The standard InChI is InChI=1S/C32H34ClF2N5O5/c1-38-28(29(34)35)24(36-37-38)17-45-26-11-10-23(33)22-12-15-40(31(42)20-8-4-5-9-21(20)32(43)44)25(27(22)26)13-14-39-16-18-6-2-3-7-19(18)30(39)41/h2-3,6-7,10-11,20-21,25,29H,4-5,8-9,12-17H2,1H3,(H,43,44)/t20-,21+,25-/m1/s1. The minimum absolute atomic E-state index is 0.0107. The van der Waals surface area contributed by atoms with Gasteiger partial charge in [0.1, 0.15) is 23.7 Å². The van der Waals surface area contributed by atoms with E-state index in [2.05, 4.69) is 10.3 Å². The smallest absolute Gasteiger partial charge is 0.307 e. The maximum Gasteiger partial charge on any atom is 0.307 e. The van der Waals surface area contributed by atoms with Gasteiger partial charge in [0.05, 0.1) is 17.9 Å². The van der Waals surface area contributed by atoms with Crippen LogP contribution in [0.25, 0.3) is 0 Å². The van der Waals surface area contributed by atoms with Crippen molar-refractivity contribution in [3.05, 3.63) is 75.1 Å². The van der Waals surface area contributed by atoms with Crippen LogP contribution in [0.1, 0.15) is 83.0 Å². The molecule has 0 spiro atoms. The number of carbonyl (C=O) groups excluding carboxylic acids is 2. The number of halogens is 3. The molecule has 45 heavy (non-hydrogen) atoms. The summed E-state index contributed by atoms with van der Waals surface area (Å²) in [6.07, 6.45) is 0.373. The Morgan fingerprint density at radius 2 is 1.89 bits per heavy atom. The Balaban J connectivity index is 1.34. The highest BCUT2D eigenvalue weighted by Gasteiger charge is 2.43. The van der Waals surface area contributed by atoms with Crippen molar-refractivity contribution in [3.63, 3.8) is 0 Å². The molecule has 2 aliphatic heterocycles. The molecule has 0 unspecified atom stereocenters. The number of carboxylic acid groups (broad SMARTS) is 1. The van der Waals surface area contributed by atoms with Crippen LogP contribution in [-0.4, -0.2) is 60.8 Å². The molecule has 1 saturated carbocycles. The number of nitrogens with zero attached hydrogens (tertiary/aromatic N) is 5. The van der Waals surface area contributed by atoms with E-state index in [4.69, 9.17) is 16.3 Å². The molecule has 2 aromatic carbocycles. The van der Waals surface area contributed by atoms with Crippen molar-refractivity contribution in [2.75, 3.05) is 13.1 Å². The minimum atomic E-state index is -2.80. The van der Waals surface area contributed by atoms with Crippen LogP contribution in [0.2, 0.25) is 5.02 Å². The van der Waals surface area contributed by atoms with Crippen molar-refractivity contribution in [1.82, 2.24) is 24.8 Å². The van der Waals surface area contributed by atoms with Crippen molar-refractivity contribution in [3.8, 4) is 5.75 Å². The van der Waals surface area contributed by atoms with Gasteiger partial charge in [0.25, 0.3) is 12.3 Å². The van der Waals surface area contributed by atoms with Crippen LogP contribution in [0.5, 0.6) is 5.75 Å². The van der Waals surface area contributed by atoms with Crippen molar-refractivity contribution in [2.45, 2.75) is 64.1 Å². The molecule has 0 radical (unpaired) electrons. The summed E-state index contributed by atoms with van der Waals surface area (Å²) in [5.74, 6) is -2.40.